The molecule has 0 fully saturated rings. The Morgan fingerprint density at radius 2 is 1.21 bits per heavy atom. The first kappa shape index (κ1) is 22.8. The molecule has 0 saturated carbocycles. The van der Waals surface area contributed by atoms with E-state index in [1.165, 1.54) is 0 Å². The predicted octanol–water partition coefficient (Wildman–Crippen LogP) is 5.02. The normalized spacial score (nSPS) is 10.8. The van der Waals surface area contributed by atoms with Crippen molar-refractivity contribution in [1.29, 1.82) is 0 Å². The van der Waals surface area contributed by atoms with Crippen LogP contribution >= 0.6 is 0 Å². The highest BCUT2D eigenvalue weighted by atomic mass is 16.6. The van der Waals surface area contributed by atoms with E-state index in [0.29, 0.717) is 5.71 Å². The zero-order valence-corrected chi connectivity index (χ0v) is 17.2. The van der Waals surface area contributed by atoms with E-state index in [1.807, 2.05) is 60.7 Å². The molecule has 0 spiro atoms. The molecule has 9 nitrogen and oxygen atoms in total. The Kier molecular flexibility index (Phi) is 7.53. The summed E-state index contributed by atoms with van der Waals surface area (Å²) < 4.78 is 0. The molecule has 0 saturated heterocycles. The minimum absolute atomic E-state index is 0.252. The third-order valence-corrected chi connectivity index (χ3v) is 4.37. The molecular weight excluding hydrogens is 424 g/mol. The Labute approximate surface area is 188 Å². The van der Waals surface area contributed by atoms with Gasteiger partial charge in [-0.05, 0) is 23.3 Å². The first-order valence-electron chi connectivity index (χ1n) is 9.70. The van der Waals surface area contributed by atoms with Crippen LogP contribution in [0.15, 0.2) is 96.1 Å². The van der Waals surface area contributed by atoms with Crippen molar-refractivity contribution in [3.05, 3.63) is 128 Å². The average Bonchev–Trinajstić information content (AvgIpc) is 2.84. The van der Waals surface area contributed by atoms with Crippen LogP contribution in [0.1, 0.15) is 21.5 Å². The average molecular weight is 442 g/mol. The summed E-state index contributed by atoms with van der Waals surface area (Å²) in [5.74, 6) is -0.819. The number of nitro groups is 2. The lowest BCUT2D eigenvalue weighted by Crippen LogP contribution is -2.19. The number of carbonyl (C=O) groups is 1. The molecule has 0 aromatic heterocycles. The predicted molar refractivity (Wildman–Crippen MR) is 126 cm³/mol. The van der Waals surface area contributed by atoms with Gasteiger partial charge in [-0.25, -0.2) is 5.43 Å². The molecule has 0 heterocycles. The maximum atomic E-state index is 12.5. The lowest BCUT2D eigenvalue weighted by Gasteiger charge is -2.02. The molecule has 0 unspecified atom stereocenters. The summed E-state index contributed by atoms with van der Waals surface area (Å²) in [6, 6.07) is 21.6. The lowest BCUT2D eigenvalue weighted by atomic mass is 10.1. The Morgan fingerprint density at radius 1 is 0.758 bits per heavy atom. The second kappa shape index (κ2) is 10.9. The van der Waals surface area contributed by atoms with Gasteiger partial charge in [0.15, 0.2) is 0 Å². The Hall–Kier alpha value is -4.92. The van der Waals surface area contributed by atoms with Gasteiger partial charge in [-0.15, -0.1) is 0 Å². The molecule has 0 radical (unpaired) electrons. The van der Waals surface area contributed by atoms with E-state index in [2.05, 4.69) is 10.5 Å². The van der Waals surface area contributed by atoms with Gasteiger partial charge in [-0.3, -0.25) is 25.0 Å². The number of amides is 1. The van der Waals surface area contributed by atoms with Crippen LogP contribution in [-0.2, 0) is 0 Å². The third kappa shape index (κ3) is 6.79. The fourth-order valence-electron chi connectivity index (χ4n) is 2.74. The van der Waals surface area contributed by atoms with Crippen LogP contribution in [0.2, 0.25) is 0 Å². The molecule has 3 aromatic rings. The molecule has 164 valence electrons. The smallest absolute Gasteiger partial charge is 0.267 e. The number of rotatable bonds is 8. The van der Waals surface area contributed by atoms with Crippen LogP contribution in [-0.4, -0.2) is 21.5 Å². The number of nitro benzene ring substituents is 2. The summed E-state index contributed by atoms with van der Waals surface area (Å²) in [7, 11) is 0. The highest BCUT2D eigenvalue weighted by Gasteiger charge is 2.19. The largest absolute Gasteiger partial charge is 0.277 e. The molecule has 0 aliphatic carbocycles. The van der Waals surface area contributed by atoms with Crippen LogP contribution in [0, 0.1) is 20.2 Å². The molecular formula is C24H18N4O5. The van der Waals surface area contributed by atoms with Gasteiger partial charge < -0.3 is 0 Å². The monoisotopic (exact) mass is 442 g/mol. The van der Waals surface area contributed by atoms with E-state index < -0.39 is 27.1 Å². The van der Waals surface area contributed by atoms with Gasteiger partial charge in [0.2, 0.25) is 0 Å². The molecule has 9 heteroatoms. The Bertz CT molecular complexity index is 1170. The number of benzene rings is 3. The van der Waals surface area contributed by atoms with Crippen LogP contribution in [0.25, 0.3) is 12.2 Å². The molecule has 0 atom stereocenters. The maximum absolute atomic E-state index is 12.5. The molecule has 1 N–H and O–H groups in total. The molecule has 3 aromatic carbocycles. The molecule has 0 aliphatic rings. The van der Waals surface area contributed by atoms with E-state index in [9.17, 15) is 25.0 Å². The Balaban J connectivity index is 1.88. The van der Waals surface area contributed by atoms with Crippen molar-refractivity contribution in [1.82, 2.24) is 5.43 Å². The van der Waals surface area contributed by atoms with Gasteiger partial charge in [0.1, 0.15) is 0 Å². The van der Waals surface area contributed by atoms with E-state index in [0.717, 1.165) is 29.3 Å². The van der Waals surface area contributed by atoms with Gasteiger partial charge in [-0.1, -0.05) is 72.8 Å². The van der Waals surface area contributed by atoms with Crippen LogP contribution < -0.4 is 5.43 Å². The summed E-state index contributed by atoms with van der Waals surface area (Å²) in [5.41, 5.74) is 3.14. The summed E-state index contributed by atoms with van der Waals surface area (Å²) in [6.07, 6.45) is 6.98. The summed E-state index contributed by atoms with van der Waals surface area (Å²) >= 11 is 0. The van der Waals surface area contributed by atoms with Gasteiger partial charge in [0.25, 0.3) is 17.3 Å². The molecule has 33 heavy (non-hydrogen) atoms. The van der Waals surface area contributed by atoms with E-state index >= 15 is 0 Å². The molecule has 1 amide bonds. The number of hydrazone groups is 1. The van der Waals surface area contributed by atoms with E-state index in [4.69, 9.17) is 0 Å². The first-order valence-corrected chi connectivity index (χ1v) is 9.70. The molecule has 0 bridgehead atoms. The van der Waals surface area contributed by atoms with Crippen molar-refractivity contribution >= 4 is 35.1 Å². The Morgan fingerprint density at radius 3 is 1.64 bits per heavy atom. The number of hydrogen-bond donors (Lipinski definition) is 1. The fourth-order valence-corrected chi connectivity index (χ4v) is 2.74. The molecule has 3 rings (SSSR count). The summed E-state index contributed by atoms with van der Waals surface area (Å²) in [4.78, 5) is 33.1. The number of allylic oxidation sites excluding steroid dienone is 2. The fraction of sp³-hybridized carbons (Fsp3) is 0. The third-order valence-electron chi connectivity index (χ3n) is 4.37. The molecule has 0 aliphatic heterocycles. The quantitative estimate of drug-likeness (QED) is 0.298. The maximum Gasteiger partial charge on any atom is 0.277 e. The second-order valence-electron chi connectivity index (χ2n) is 6.72. The van der Waals surface area contributed by atoms with E-state index in [1.54, 1.807) is 24.3 Å². The number of non-ortho nitro benzene ring substituents is 2. The number of hydrogen-bond acceptors (Lipinski definition) is 6. The van der Waals surface area contributed by atoms with Crippen molar-refractivity contribution < 1.29 is 14.6 Å². The number of carbonyl (C=O) groups excluding carboxylic acids is 1. The van der Waals surface area contributed by atoms with Crippen molar-refractivity contribution in [2.24, 2.45) is 5.10 Å². The zero-order chi connectivity index (χ0) is 23.6. The number of nitrogens with zero attached hydrogens (tertiary/aromatic N) is 3. The SMILES string of the molecule is O=C(NN=C(/C=C/c1ccccc1)/C=C/c1ccccc1)c1cc([N+](=O)[O-])cc([N+](=O)[O-])c1. The minimum atomic E-state index is -0.819. The van der Waals surface area contributed by atoms with Gasteiger partial charge in [-0.2, -0.15) is 5.10 Å². The van der Waals surface area contributed by atoms with Crippen molar-refractivity contribution in [3.8, 4) is 0 Å². The minimum Gasteiger partial charge on any atom is -0.267 e. The van der Waals surface area contributed by atoms with Crippen molar-refractivity contribution in [2.45, 2.75) is 0 Å². The topological polar surface area (TPSA) is 128 Å². The van der Waals surface area contributed by atoms with Crippen LogP contribution in [0.4, 0.5) is 11.4 Å². The van der Waals surface area contributed by atoms with Crippen molar-refractivity contribution in [3.63, 3.8) is 0 Å². The van der Waals surface area contributed by atoms with Gasteiger partial charge >= 0.3 is 0 Å². The van der Waals surface area contributed by atoms with E-state index in [-0.39, 0.29) is 5.56 Å². The zero-order valence-electron chi connectivity index (χ0n) is 17.2. The van der Waals surface area contributed by atoms with Crippen LogP contribution in [0.3, 0.4) is 0 Å². The second-order valence-corrected chi connectivity index (χ2v) is 6.72. The highest BCUT2D eigenvalue weighted by Crippen LogP contribution is 2.22. The van der Waals surface area contributed by atoms with Crippen molar-refractivity contribution in [2.75, 3.05) is 0 Å². The first-order chi connectivity index (χ1) is 15.9. The summed E-state index contributed by atoms with van der Waals surface area (Å²) in [5, 5.41) is 26.2. The standard InChI is InChI=1S/C24H18N4O5/c29-24(20-15-22(27(30)31)17-23(16-20)28(32)33)26-25-21(13-11-18-7-3-1-4-8-18)14-12-19-9-5-2-6-10-19/h1-17H,(H,26,29)/b13-11+,14-12+. The van der Waals surface area contributed by atoms with Gasteiger partial charge in [0.05, 0.1) is 27.2 Å². The summed E-state index contributed by atoms with van der Waals surface area (Å²) in [6.45, 7) is 0. The number of nitrogens with one attached hydrogen (secondary N) is 1. The highest BCUT2D eigenvalue weighted by molar-refractivity contribution is 6.09. The van der Waals surface area contributed by atoms with Gasteiger partial charge in [0, 0.05) is 12.1 Å². The lowest BCUT2D eigenvalue weighted by molar-refractivity contribution is -0.394. The van der Waals surface area contributed by atoms with Crippen LogP contribution in [0.5, 0.6) is 0 Å².